The molecule has 0 aromatic heterocycles. The van der Waals surface area contributed by atoms with Gasteiger partial charge in [0.1, 0.15) is 11.7 Å². The van der Waals surface area contributed by atoms with Crippen molar-refractivity contribution >= 4 is 11.8 Å². The average Bonchev–Trinajstić information content (AvgIpc) is 2.82. The summed E-state index contributed by atoms with van der Waals surface area (Å²) in [6.07, 6.45) is -0.0540. The minimum absolute atomic E-state index is 0.103. The Kier molecular flexibility index (Phi) is 4.42. The standard InChI is InChI=1S/C16H20O4/c1-4-19-16(18)14(10(2)3)15(17)13-9-11-7-5-6-8-12(11)20-13/h5-8,10,13-14H,4,9H2,1-3H3. The summed E-state index contributed by atoms with van der Waals surface area (Å²) in [7, 11) is 0. The van der Waals surface area contributed by atoms with Gasteiger partial charge >= 0.3 is 5.97 Å². The molecule has 0 saturated carbocycles. The van der Waals surface area contributed by atoms with E-state index in [0.717, 1.165) is 11.3 Å². The Balaban J connectivity index is 2.12. The zero-order chi connectivity index (χ0) is 14.7. The van der Waals surface area contributed by atoms with Gasteiger partial charge in [0, 0.05) is 6.42 Å². The molecule has 0 aliphatic carbocycles. The summed E-state index contributed by atoms with van der Waals surface area (Å²) < 4.78 is 10.7. The van der Waals surface area contributed by atoms with Crippen LogP contribution in [0, 0.1) is 11.8 Å². The van der Waals surface area contributed by atoms with Crippen LogP contribution in [0.15, 0.2) is 24.3 Å². The Labute approximate surface area is 119 Å². The number of Topliss-reactive ketones (excluding diaryl/α,β-unsaturated/α-hetero) is 1. The Morgan fingerprint density at radius 3 is 2.65 bits per heavy atom. The number of ether oxygens (including phenoxy) is 2. The highest BCUT2D eigenvalue weighted by Crippen LogP contribution is 2.31. The fraction of sp³-hybridized carbons (Fsp3) is 0.500. The number of para-hydroxylation sites is 1. The Morgan fingerprint density at radius 1 is 1.35 bits per heavy atom. The lowest BCUT2D eigenvalue weighted by Gasteiger charge is -2.20. The predicted octanol–water partition coefficient (Wildman–Crippen LogP) is 2.39. The maximum atomic E-state index is 12.5. The van der Waals surface area contributed by atoms with Crippen LogP contribution in [0.1, 0.15) is 26.3 Å². The maximum Gasteiger partial charge on any atom is 0.316 e. The van der Waals surface area contributed by atoms with Crippen LogP contribution in [0.4, 0.5) is 0 Å². The molecule has 0 radical (unpaired) electrons. The number of ketones is 1. The smallest absolute Gasteiger partial charge is 0.316 e. The molecule has 2 atom stereocenters. The van der Waals surface area contributed by atoms with E-state index in [1.54, 1.807) is 6.92 Å². The zero-order valence-electron chi connectivity index (χ0n) is 12.1. The van der Waals surface area contributed by atoms with E-state index >= 15 is 0 Å². The maximum absolute atomic E-state index is 12.5. The molecule has 4 nitrogen and oxygen atoms in total. The third-order valence-corrected chi connectivity index (χ3v) is 3.48. The second-order valence-corrected chi connectivity index (χ2v) is 5.29. The van der Waals surface area contributed by atoms with Gasteiger partial charge in [-0.05, 0) is 24.5 Å². The third-order valence-electron chi connectivity index (χ3n) is 3.48. The fourth-order valence-electron chi connectivity index (χ4n) is 2.49. The lowest BCUT2D eigenvalue weighted by molar-refractivity contribution is -0.155. The van der Waals surface area contributed by atoms with Gasteiger partial charge in [0.25, 0.3) is 0 Å². The number of rotatable bonds is 5. The second-order valence-electron chi connectivity index (χ2n) is 5.29. The fourth-order valence-corrected chi connectivity index (χ4v) is 2.49. The molecule has 0 spiro atoms. The molecule has 0 bridgehead atoms. The summed E-state index contributed by atoms with van der Waals surface area (Å²) in [6.45, 7) is 5.71. The lowest BCUT2D eigenvalue weighted by Crippen LogP contribution is -2.39. The quantitative estimate of drug-likeness (QED) is 0.612. The molecule has 1 heterocycles. The monoisotopic (exact) mass is 276 g/mol. The molecule has 1 aromatic carbocycles. The SMILES string of the molecule is CCOC(=O)C(C(=O)C1Cc2ccccc2O1)C(C)C. The largest absolute Gasteiger partial charge is 0.482 e. The molecule has 1 aliphatic rings. The van der Waals surface area contributed by atoms with E-state index in [1.165, 1.54) is 0 Å². The summed E-state index contributed by atoms with van der Waals surface area (Å²) in [5.41, 5.74) is 1.01. The molecule has 2 unspecified atom stereocenters. The van der Waals surface area contributed by atoms with E-state index in [9.17, 15) is 9.59 Å². The number of hydrogen-bond donors (Lipinski definition) is 0. The summed E-state index contributed by atoms with van der Waals surface area (Å²) in [4.78, 5) is 24.5. The van der Waals surface area contributed by atoms with Gasteiger partial charge in [-0.15, -0.1) is 0 Å². The van der Waals surface area contributed by atoms with Gasteiger partial charge in [0.15, 0.2) is 11.9 Å². The van der Waals surface area contributed by atoms with Gasteiger partial charge in [-0.1, -0.05) is 32.0 Å². The van der Waals surface area contributed by atoms with Crippen LogP contribution in [-0.4, -0.2) is 24.5 Å². The minimum atomic E-state index is -0.755. The Bertz CT molecular complexity index is 482. The number of fused-ring (bicyclic) bond motifs is 1. The van der Waals surface area contributed by atoms with Crippen molar-refractivity contribution in [1.82, 2.24) is 0 Å². The number of carbonyl (C=O) groups excluding carboxylic acids is 2. The van der Waals surface area contributed by atoms with Crippen molar-refractivity contribution in [2.45, 2.75) is 33.3 Å². The topological polar surface area (TPSA) is 52.6 Å². The van der Waals surface area contributed by atoms with Gasteiger partial charge in [-0.3, -0.25) is 9.59 Å². The predicted molar refractivity (Wildman–Crippen MR) is 74.5 cm³/mol. The van der Waals surface area contributed by atoms with Crippen LogP contribution in [0.3, 0.4) is 0 Å². The van der Waals surface area contributed by atoms with E-state index in [0.29, 0.717) is 6.42 Å². The molecular weight excluding hydrogens is 256 g/mol. The minimum Gasteiger partial charge on any atom is -0.482 e. The van der Waals surface area contributed by atoms with Gasteiger partial charge in [0.05, 0.1) is 6.61 Å². The van der Waals surface area contributed by atoms with Crippen molar-refractivity contribution < 1.29 is 19.1 Å². The van der Waals surface area contributed by atoms with E-state index in [1.807, 2.05) is 38.1 Å². The van der Waals surface area contributed by atoms with Crippen LogP contribution >= 0.6 is 0 Å². The first-order chi connectivity index (χ1) is 9.54. The Hall–Kier alpha value is -1.84. The molecule has 4 heteroatoms. The van der Waals surface area contributed by atoms with Crippen molar-refractivity contribution in [3.05, 3.63) is 29.8 Å². The number of benzene rings is 1. The van der Waals surface area contributed by atoms with Crippen molar-refractivity contribution in [3.63, 3.8) is 0 Å². The summed E-state index contributed by atoms with van der Waals surface area (Å²) in [6, 6.07) is 7.58. The van der Waals surface area contributed by atoms with E-state index in [4.69, 9.17) is 9.47 Å². The number of esters is 1. The van der Waals surface area contributed by atoms with Crippen LogP contribution in [0.5, 0.6) is 5.75 Å². The van der Waals surface area contributed by atoms with Crippen LogP contribution in [0.25, 0.3) is 0 Å². The molecule has 0 N–H and O–H groups in total. The highest BCUT2D eigenvalue weighted by atomic mass is 16.5. The molecule has 1 aliphatic heterocycles. The van der Waals surface area contributed by atoms with Gasteiger partial charge in [0.2, 0.25) is 0 Å². The van der Waals surface area contributed by atoms with Crippen molar-refractivity contribution in [1.29, 1.82) is 0 Å². The highest BCUT2D eigenvalue weighted by Gasteiger charge is 2.39. The Morgan fingerprint density at radius 2 is 2.05 bits per heavy atom. The van der Waals surface area contributed by atoms with Gasteiger partial charge < -0.3 is 9.47 Å². The molecule has 1 aromatic rings. The van der Waals surface area contributed by atoms with Gasteiger partial charge in [-0.2, -0.15) is 0 Å². The van der Waals surface area contributed by atoms with E-state index < -0.39 is 18.0 Å². The second kappa shape index (κ2) is 6.07. The third kappa shape index (κ3) is 2.84. The number of hydrogen-bond acceptors (Lipinski definition) is 4. The van der Waals surface area contributed by atoms with Crippen molar-refractivity contribution in [2.75, 3.05) is 6.61 Å². The van der Waals surface area contributed by atoms with E-state index in [-0.39, 0.29) is 18.3 Å². The van der Waals surface area contributed by atoms with Crippen molar-refractivity contribution in [3.8, 4) is 5.75 Å². The van der Waals surface area contributed by atoms with Gasteiger partial charge in [-0.25, -0.2) is 0 Å². The molecule has 108 valence electrons. The zero-order valence-corrected chi connectivity index (χ0v) is 12.1. The molecule has 20 heavy (non-hydrogen) atoms. The van der Waals surface area contributed by atoms with Crippen LogP contribution < -0.4 is 4.74 Å². The number of carbonyl (C=O) groups is 2. The summed E-state index contributed by atoms with van der Waals surface area (Å²) in [5.74, 6) is -0.762. The first-order valence-electron chi connectivity index (χ1n) is 6.99. The first kappa shape index (κ1) is 14.6. The molecule has 2 rings (SSSR count). The summed E-state index contributed by atoms with van der Waals surface area (Å²) >= 11 is 0. The molecule has 0 amide bonds. The lowest BCUT2D eigenvalue weighted by atomic mass is 9.87. The van der Waals surface area contributed by atoms with Crippen LogP contribution in [-0.2, 0) is 20.7 Å². The van der Waals surface area contributed by atoms with Crippen LogP contribution in [0.2, 0.25) is 0 Å². The molecule has 0 fully saturated rings. The summed E-state index contributed by atoms with van der Waals surface area (Å²) in [5, 5.41) is 0. The normalized spacial score (nSPS) is 18.3. The van der Waals surface area contributed by atoms with Crippen molar-refractivity contribution in [2.24, 2.45) is 11.8 Å². The molecular formula is C16H20O4. The first-order valence-corrected chi connectivity index (χ1v) is 6.99. The van der Waals surface area contributed by atoms with E-state index in [2.05, 4.69) is 0 Å². The molecule has 0 saturated heterocycles. The average molecular weight is 276 g/mol. The highest BCUT2D eigenvalue weighted by molar-refractivity contribution is 6.02.